The Kier molecular flexibility index (Phi) is 7.81. The summed E-state index contributed by atoms with van der Waals surface area (Å²) in [6, 6.07) is 69.8. The molecule has 0 spiro atoms. The monoisotopic (exact) mass is 705 g/mol. The van der Waals surface area contributed by atoms with Crippen molar-refractivity contribution in [1.82, 2.24) is 9.55 Å². The van der Waals surface area contributed by atoms with E-state index in [0.717, 1.165) is 22.9 Å². The summed E-state index contributed by atoms with van der Waals surface area (Å²) in [6.45, 7) is 4.71. The van der Waals surface area contributed by atoms with Crippen molar-refractivity contribution in [3.8, 4) is 50.5 Å². The van der Waals surface area contributed by atoms with Crippen molar-refractivity contribution in [2.24, 2.45) is 0 Å². The quantitative estimate of drug-likeness (QED) is 0.165. The second kappa shape index (κ2) is 13.2. The lowest BCUT2D eigenvalue weighted by Gasteiger charge is -2.26. The molecule has 0 bridgehead atoms. The van der Waals surface area contributed by atoms with Gasteiger partial charge in [-0.2, -0.15) is 0 Å². The molecule has 7 aromatic carbocycles. The molecule has 262 valence electrons. The molecule has 0 atom stereocenters. The Labute approximate surface area is 322 Å². The zero-order chi connectivity index (χ0) is 36.9. The van der Waals surface area contributed by atoms with Crippen LogP contribution in [0, 0.1) is 0 Å². The maximum atomic E-state index is 4.82. The minimum Gasteiger partial charge on any atom is -0.311 e. The van der Waals surface area contributed by atoms with Gasteiger partial charge >= 0.3 is 0 Å². The molecule has 3 heteroatoms. The van der Waals surface area contributed by atoms with Gasteiger partial charge in [0.1, 0.15) is 5.82 Å². The average molecular weight is 706 g/mol. The van der Waals surface area contributed by atoms with Crippen LogP contribution in [0.3, 0.4) is 0 Å². The molecule has 0 saturated heterocycles. The fourth-order valence-corrected chi connectivity index (χ4v) is 8.57. The fourth-order valence-electron chi connectivity index (χ4n) is 8.57. The molecule has 2 aromatic heterocycles. The summed E-state index contributed by atoms with van der Waals surface area (Å²) in [4.78, 5) is 7.17. The Bertz CT molecular complexity index is 2700. The van der Waals surface area contributed by atoms with Gasteiger partial charge in [0, 0.05) is 39.6 Å². The van der Waals surface area contributed by atoms with E-state index >= 15 is 0 Å². The molecule has 9 aromatic rings. The second-order valence-corrected chi connectivity index (χ2v) is 14.9. The summed E-state index contributed by atoms with van der Waals surface area (Å²) >= 11 is 0. The molecule has 0 N–H and O–H groups in total. The van der Waals surface area contributed by atoms with Crippen molar-refractivity contribution in [2.75, 3.05) is 4.90 Å². The van der Waals surface area contributed by atoms with E-state index in [0.29, 0.717) is 0 Å². The molecule has 2 heterocycles. The minimum atomic E-state index is -0.153. The number of hydrogen-bond acceptors (Lipinski definition) is 2. The van der Waals surface area contributed by atoms with Crippen molar-refractivity contribution in [2.45, 2.75) is 19.3 Å². The summed E-state index contributed by atoms with van der Waals surface area (Å²) < 4.78 is 2.36. The van der Waals surface area contributed by atoms with Crippen LogP contribution in [0.2, 0.25) is 0 Å². The Balaban J connectivity index is 1.06. The van der Waals surface area contributed by atoms with Gasteiger partial charge in [-0.3, -0.25) is 4.57 Å². The molecule has 3 nitrogen and oxygen atoms in total. The molecule has 0 radical (unpaired) electrons. The number of fused-ring (bicyclic) bond motifs is 5. The van der Waals surface area contributed by atoms with Gasteiger partial charge in [0.25, 0.3) is 0 Å². The highest BCUT2D eigenvalue weighted by Gasteiger charge is 2.40. The lowest BCUT2D eigenvalue weighted by molar-refractivity contribution is 0.666. The van der Waals surface area contributed by atoms with Crippen molar-refractivity contribution in [3.05, 3.63) is 211 Å². The van der Waals surface area contributed by atoms with E-state index in [1.807, 2.05) is 12.3 Å². The lowest BCUT2D eigenvalue weighted by Crippen LogP contribution is -2.14. The predicted molar refractivity (Wildman–Crippen MR) is 230 cm³/mol. The van der Waals surface area contributed by atoms with Crippen LogP contribution in [-0.4, -0.2) is 9.55 Å². The largest absolute Gasteiger partial charge is 0.311 e. The highest BCUT2D eigenvalue weighted by molar-refractivity contribution is 6.01. The van der Waals surface area contributed by atoms with Crippen LogP contribution >= 0.6 is 0 Å². The number of pyridine rings is 1. The summed E-state index contributed by atoms with van der Waals surface area (Å²) in [6.07, 6.45) is 1.88. The number of rotatable bonds is 7. The molecule has 1 aliphatic carbocycles. The first kappa shape index (κ1) is 32.7. The fraction of sp³-hybridized carbons (Fsp3) is 0.0577. The number of benzene rings is 7. The van der Waals surface area contributed by atoms with Crippen molar-refractivity contribution >= 4 is 28.0 Å². The lowest BCUT2D eigenvalue weighted by atomic mass is 9.81. The third kappa shape index (κ3) is 5.55. The van der Waals surface area contributed by atoms with E-state index in [2.05, 4.69) is 211 Å². The molecular formula is C52H39N3. The zero-order valence-electron chi connectivity index (χ0n) is 30.9. The SMILES string of the molecule is CC1(C)c2ccccc2-c2c1c1cc(-c3ccc(N(c4ccc(-c5ccccc5)cc4)c4ccc(-c5ccccc5)cc4)cc3)ccc1n2-c1ccccn1. The van der Waals surface area contributed by atoms with Gasteiger partial charge in [-0.25, -0.2) is 4.98 Å². The van der Waals surface area contributed by atoms with Gasteiger partial charge in [-0.1, -0.05) is 147 Å². The van der Waals surface area contributed by atoms with E-state index in [-0.39, 0.29) is 5.41 Å². The molecule has 1 aliphatic rings. The smallest absolute Gasteiger partial charge is 0.137 e. The van der Waals surface area contributed by atoms with Crippen molar-refractivity contribution < 1.29 is 0 Å². The zero-order valence-corrected chi connectivity index (χ0v) is 30.9. The Morgan fingerprint density at radius 3 is 1.47 bits per heavy atom. The van der Waals surface area contributed by atoms with Crippen molar-refractivity contribution in [1.29, 1.82) is 0 Å². The van der Waals surface area contributed by atoms with Crippen LogP contribution < -0.4 is 4.90 Å². The molecule has 10 rings (SSSR count). The Hall–Kier alpha value is -6.97. The predicted octanol–water partition coefficient (Wildman–Crippen LogP) is 13.8. The normalized spacial score (nSPS) is 12.7. The summed E-state index contributed by atoms with van der Waals surface area (Å²) in [7, 11) is 0. The van der Waals surface area contributed by atoms with Gasteiger partial charge in [0.2, 0.25) is 0 Å². The minimum absolute atomic E-state index is 0.153. The number of nitrogens with zero attached hydrogens (tertiary/aromatic N) is 3. The van der Waals surface area contributed by atoms with Gasteiger partial charge in [0.15, 0.2) is 0 Å². The summed E-state index contributed by atoms with van der Waals surface area (Å²) in [5.41, 5.74) is 16.8. The topological polar surface area (TPSA) is 21.1 Å². The van der Waals surface area contributed by atoms with Crippen LogP contribution in [-0.2, 0) is 5.41 Å². The maximum Gasteiger partial charge on any atom is 0.137 e. The first-order chi connectivity index (χ1) is 27.0. The van der Waals surface area contributed by atoms with E-state index in [9.17, 15) is 0 Å². The van der Waals surface area contributed by atoms with E-state index in [1.54, 1.807) is 0 Å². The van der Waals surface area contributed by atoms with E-state index < -0.39 is 0 Å². The van der Waals surface area contributed by atoms with Crippen LogP contribution in [0.1, 0.15) is 25.0 Å². The molecule has 0 saturated carbocycles. The standard InChI is InChI=1S/C52H39N3/c1-52(2)47-18-10-9-17-45(47)51-50(52)46-35-41(26-33-48(46)55(51)49-19-11-12-34-53-49)40-24-31-44(32-25-40)54(42-27-20-38(21-28-42)36-13-5-3-6-14-36)43-29-22-39(23-30-43)37-15-7-4-8-16-37/h3-35H,1-2H3. The Morgan fingerprint density at radius 1 is 0.455 bits per heavy atom. The van der Waals surface area contributed by atoms with Crippen LogP contribution in [0.15, 0.2) is 200 Å². The van der Waals surface area contributed by atoms with Gasteiger partial charge < -0.3 is 4.90 Å². The number of hydrogen-bond donors (Lipinski definition) is 0. The Morgan fingerprint density at radius 2 is 0.927 bits per heavy atom. The maximum absolute atomic E-state index is 4.82. The molecule has 55 heavy (non-hydrogen) atoms. The van der Waals surface area contributed by atoms with Crippen LogP contribution in [0.4, 0.5) is 17.1 Å². The third-order valence-electron chi connectivity index (χ3n) is 11.3. The third-order valence-corrected chi connectivity index (χ3v) is 11.3. The van der Waals surface area contributed by atoms with Crippen LogP contribution in [0.5, 0.6) is 0 Å². The highest BCUT2D eigenvalue weighted by Crippen LogP contribution is 2.54. The molecule has 0 amide bonds. The summed E-state index contributed by atoms with van der Waals surface area (Å²) in [5.74, 6) is 0.937. The molecule has 0 aliphatic heterocycles. The van der Waals surface area contributed by atoms with Crippen molar-refractivity contribution in [3.63, 3.8) is 0 Å². The van der Waals surface area contributed by atoms with E-state index in [1.165, 1.54) is 66.7 Å². The first-order valence-electron chi connectivity index (χ1n) is 19.0. The summed E-state index contributed by atoms with van der Waals surface area (Å²) in [5, 5.41) is 1.27. The van der Waals surface area contributed by atoms with Gasteiger partial charge in [-0.15, -0.1) is 0 Å². The number of aromatic nitrogens is 2. The average Bonchev–Trinajstić information content (AvgIpc) is 3.72. The van der Waals surface area contributed by atoms with E-state index in [4.69, 9.17) is 4.98 Å². The first-order valence-corrected chi connectivity index (χ1v) is 19.0. The van der Waals surface area contributed by atoms with Gasteiger partial charge in [-0.05, 0) is 105 Å². The number of anilines is 3. The highest BCUT2D eigenvalue weighted by atomic mass is 15.1. The van der Waals surface area contributed by atoms with Gasteiger partial charge in [0.05, 0.1) is 11.2 Å². The second-order valence-electron chi connectivity index (χ2n) is 14.9. The molecular weight excluding hydrogens is 667 g/mol. The van der Waals surface area contributed by atoms with Crippen LogP contribution in [0.25, 0.3) is 61.4 Å². The molecule has 0 fully saturated rings. The molecule has 0 unspecified atom stereocenters.